The van der Waals surface area contributed by atoms with Crippen LogP contribution in [0.25, 0.3) is 0 Å². The fourth-order valence-electron chi connectivity index (χ4n) is 3.36. The molecule has 0 amide bonds. The lowest BCUT2D eigenvalue weighted by molar-refractivity contribution is 0.0127. The number of aliphatic imine (C=N–C) groups is 2. The number of hydrogen-bond acceptors (Lipinski definition) is 5. The Morgan fingerprint density at radius 2 is 2.07 bits per heavy atom. The van der Waals surface area contributed by atoms with Crippen LogP contribution in [-0.4, -0.2) is 29.9 Å². The SMILES string of the molecule is CC1N=CN=C(Oc2ccc(C(C)(F)F)nc2)C1c1cccc2c1OCC2. The summed E-state index contributed by atoms with van der Waals surface area (Å²) in [6, 6.07) is 8.67. The van der Waals surface area contributed by atoms with E-state index in [-0.39, 0.29) is 17.7 Å². The molecule has 2 aromatic rings. The number of nitrogens with zero attached hydrogens (tertiary/aromatic N) is 3. The van der Waals surface area contributed by atoms with Gasteiger partial charge >= 0.3 is 0 Å². The summed E-state index contributed by atoms with van der Waals surface area (Å²) in [4.78, 5) is 12.5. The first kappa shape index (κ1) is 17.6. The van der Waals surface area contributed by atoms with Gasteiger partial charge in [-0.2, -0.15) is 8.78 Å². The number of ether oxygens (including phenoxy) is 2. The topological polar surface area (TPSA) is 56.1 Å². The number of rotatable bonds is 3. The van der Waals surface area contributed by atoms with E-state index >= 15 is 0 Å². The average Bonchev–Trinajstić information content (AvgIpc) is 3.11. The molecule has 0 spiro atoms. The molecule has 0 bridgehead atoms. The summed E-state index contributed by atoms with van der Waals surface area (Å²) in [5, 5.41) is 0. The zero-order valence-corrected chi connectivity index (χ0v) is 15.0. The molecular formula is C20H19F2N3O2. The van der Waals surface area contributed by atoms with E-state index in [1.807, 2.05) is 25.1 Å². The Morgan fingerprint density at radius 3 is 2.81 bits per heavy atom. The minimum absolute atomic E-state index is 0.0968. The number of fused-ring (bicyclic) bond motifs is 1. The molecule has 0 aliphatic carbocycles. The van der Waals surface area contributed by atoms with Crippen LogP contribution >= 0.6 is 0 Å². The lowest BCUT2D eigenvalue weighted by Crippen LogP contribution is -2.30. The third-order valence-corrected chi connectivity index (χ3v) is 4.72. The molecule has 3 heterocycles. The minimum Gasteiger partial charge on any atom is -0.493 e. The quantitative estimate of drug-likeness (QED) is 0.816. The number of aromatic nitrogens is 1. The van der Waals surface area contributed by atoms with Crippen LogP contribution in [0, 0.1) is 0 Å². The highest BCUT2D eigenvalue weighted by Gasteiger charge is 2.33. The summed E-state index contributed by atoms with van der Waals surface area (Å²) >= 11 is 0. The molecule has 0 N–H and O–H groups in total. The molecule has 1 aromatic heterocycles. The summed E-state index contributed by atoms with van der Waals surface area (Å²) in [6.07, 6.45) is 3.62. The molecule has 140 valence electrons. The highest BCUT2D eigenvalue weighted by molar-refractivity contribution is 5.94. The predicted octanol–water partition coefficient (Wildman–Crippen LogP) is 4.12. The van der Waals surface area contributed by atoms with Crippen LogP contribution in [0.2, 0.25) is 0 Å². The van der Waals surface area contributed by atoms with Crippen molar-refractivity contribution in [3.63, 3.8) is 0 Å². The van der Waals surface area contributed by atoms with Crippen LogP contribution in [0.3, 0.4) is 0 Å². The Hall–Kier alpha value is -2.83. The molecule has 0 saturated carbocycles. The molecule has 2 atom stereocenters. The third-order valence-electron chi connectivity index (χ3n) is 4.72. The summed E-state index contributed by atoms with van der Waals surface area (Å²) < 4.78 is 38.4. The highest BCUT2D eigenvalue weighted by Crippen LogP contribution is 2.38. The van der Waals surface area contributed by atoms with E-state index in [2.05, 4.69) is 15.0 Å². The van der Waals surface area contributed by atoms with Crippen molar-refractivity contribution in [2.75, 3.05) is 6.61 Å². The van der Waals surface area contributed by atoms with E-state index < -0.39 is 5.92 Å². The monoisotopic (exact) mass is 371 g/mol. The maximum absolute atomic E-state index is 13.3. The first-order chi connectivity index (χ1) is 12.9. The van der Waals surface area contributed by atoms with Crippen molar-refractivity contribution in [3.8, 4) is 11.5 Å². The Labute approximate surface area is 155 Å². The van der Waals surface area contributed by atoms with E-state index in [0.29, 0.717) is 18.3 Å². The molecule has 2 aliphatic heterocycles. The summed E-state index contributed by atoms with van der Waals surface area (Å²) in [6.45, 7) is 3.44. The molecule has 0 radical (unpaired) electrons. The van der Waals surface area contributed by atoms with Gasteiger partial charge in [0.05, 0.1) is 24.8 Å². The second-order valence-electron chi connectivity index (χ2n) is 6.75. The summed E-state index contributed by atoms with van der Waals surface area (Å²) in [5.41, 5.74) is 1.82. The van der Waals surface area contributed by atoms with Crippen LogP contribution < -0.4 is 9.47 Å². The standard InChI is InChI=1S/C20H19F2N3O2/c1-12-17(15-5-3-4-13-8-9-26-18(13)15)19(25-11-24-12)27-14-6-7-16(23-10-14)20(2,21)22/h3-7,10-12,17H,8-9H2,1-2H3. The summed E-state index contributed by atoms with van der Waals surface area (Å²) in [5.74, 6) is -1.56. The minimum atomic E-state index is -2.99. The molecule has 0 saturated heterocycles. The normalized spacial score (nSPS) is 21.4. The molecule has 27 heavy (non-hydrogen) atoms. The van der Waals surface area contributed by atoms with Crippen molar-refractivity contribution in [2.45, 2.75) is 38.2 Å². The van der Waals surface area contributed by atoms with Gasteiger partial charge in [-0.3, -0.25) is 9.98 Å². The number of benzene rings is 1. The zero-order valence-electron chi connectivity index (χ0n) is 15.0. The maximum Gasteiger partial charge on any atom is 0.286 e. The Morgan fingerprint density at radius 1 is 1.22 bits per heavy atom. The van der Waals surface area contributed by atoms with Gasteiger partial charge in [-0.15, -0.1) is 0 Å². The van der Waals surface area contributed by atoms with E-state index in [1.54, 1.807) is 0 Å². The number of hydrogen-bond donors (Lipinski definition) is 0. The van der Waals surface area contributed by atoms with Gasteiger partial charge in [-0.1, -0.05) is 18.2 Å². The fraction of sp³-hybridized carbons (Fsp3) is 0.350. The number of alkyl halides is 2. The van der Waals surface area contributed by atoms with Gasteiger partial charge in [-0.05, 0) is 24.6 Å². The van der Waals surface area contributed by atoms with Gasteiger partial charge in [0.15, 0.2) is 0 Å². The lowest BCUT2D eigenvalue weighted by atomic mass is 9.89. The molecule has 5 nitrogen and oxygen atoms in total. The molecule has 1 aromatic carbocycles. The Kier molecular flexibility index (Phi) is 4.37. The zero-order chi connectivity index (χ0) is 19.0. The van der Waals surface area contributed by atoms with E-state index in [9.17, 15) is 8.78 Å². The first-order valence-corrected chi connectivity index (χ1v) is 8.79. The van der Waals surface area contributed by atoms with Crippen LogP contribution in [0.1, 0.15) is 36.6 Å². The van der Waals surface area contributed by atoms with Crippen molar-refractivity contribution in [3.05, 3.63) is 53.3 Å². The van der Waals surface area contributed by atoms with Crippen molar-refractivity contribution < 1.29 is 18.3 Å². The van der Waals surface area contributed by atoms with Crippen molar-refractivity contribution >= 4 is 12.2 Å². The van der Waals surface area contributed by atoms with Crippen molar-refractivity contribution in [2.24, 2.45) is 9.98 Å². The van der Waals surface area contributed by atoms with Crippen LogP contribution in [0.5, 0.6) is 11.5 Å². The first-order valence-electron chi connectivity index (χ1n) is 8.79. The Balaban J connectivity index is 1.64. The van der Waals surface area contributed by atoms with E-state index in [4.69, 9.17) is 9.47 Å². The molecule has 7 heteroatoms. The van der Waals surface area contributed by atoms with Gasteiger partial charge in [0.2, 0.25) is 5.90 Å². The second kappa shape index (κ2) is 6.72. The summed E-state index contributed by atoms with van der Waals surface area (Å²) in [7, 11) is 0. The molecular weight excluding hydrogens is 352 g/mol. The van der Waals surface area contributed by atoms with Crippen molar-refractivity contribution in [1.82, 2.24) is 4.98 Å². The lowest BCUT2D eigenvalue weighted by Gasteiger charge is -2.26. The number of pyridine rings is 1. The van der Waals surface area contributed by atoms with Gasteiger partial charge in [-0.25, -0.2) is 4.99 Å². The molecule has 4 rings (SSSR count). The largest absolute Gasteiger partial charge is 0.493 e. The predicted molar refractivity (Wildman–Crippen MR) is 98.2 cm³/mol. The van der Waals surface area contributed by atoms with Crippen molar-refractivity contribution in [1.29, 1.82) is 0 Å². The average molecular weight is 371 g/mol. The van der Waals surface area contributed by atoms with Gasteiger partial charge in [0, 0.05) is 18.9 Å². The van der Waals surface area contributed by atoms with Gasteiger partial charge < -0.3 is 9.47 Å². The molecule has 2 unspecified atom stereocenters. The smallest absolute Gasteiger partial charge is 0.286 e. The third kappa shape index (κ3) is 3.41. The number of halogens is 2. The van der Waals surface area contributed by atoms with Crippen LogP contribution in [-0.2, 0) is 12.3 Å². The fourth-order valence-corrected chi connectivity index (χ4v) is 3.36. The highest BCUT2D eigenvalue weighted by atomic mass is 19.3. The van der Waals surface area contributed by atoms with Crippen LogP contribution in [0.4, 0.5) is 8.78 Å². The van der Waals surface area contributed by atoms with E-state index in [1.165, 1.54) is 24.7 Å². The van der Waals surface area contributed by atoms with E-state index in [0.717, 1.165) is 30.2 Å². The maximum atomic E-state index is 13.3. The number of para-hydroxylation sites is 1. The second-order valence-corrected chi connectivity index (χ2v) is 6.75. The molecule has 0 fully saturated rings. The van der Waals surface area contributed by atoms with Crippen LogP contribution in [0.15, 0.2) is 46.5 Å². The molecule has 2 aliphatic rings. The van der Waals surface area contributed by atoms with Gasteiger partial charge in [0.1, 0.15) is 23.5 Å². The Bertz CT molecular complexity index is 904. The van der Waals surface area contributed by atoms with Gasteiger partial charge in [0.25, 0.3) is 5.92 Å².